The highest BCUT2D eigenvalue weighted by Crippen LogP contribution is 2.10. The van der Waals surface area contributed by atoms with Crippen molar-refractivity contribution in [2.45, 2.75) is 20.3 Å². The molecule has 0 amide bonds. The summed E-state index contributed by atoms with van der Waals surface area (Å²) in [6.07, 6.45) is 2.04. The number of aryl methyl sites for hydroxylation is 2. The lowest BCUT2D eigenvalue weighted by atomic mass is 10.1. The van der Waals surface area contributed by atoms with Gasteiger partial charge in [-0.15, -0.1) is 0 Å². The van der Waals surface area contributed by atoms with Crippen LogP contribution in [0.1, 0.15) is 27.6 Å². The van der Waals surface area contributed by atoms with E-state index in [0.717, 1.165) is 17.0 Å². The second kappa shape index (κ2) is 4.31. The Balaban J connectivity index is 2.10. The maximum absolute atomic E-state index is 11.8. The number of pyridine rings is 1. The Kier molecular flexibility index (Phi) is 2.86. The second-order valence-electron chi connectivity index (χ2n) is 3.84. The molecule has 3 heteroatoms. The lowest BCUT2D eigenvalue weighted by Gasteiger charge is -1.98. The van der Waals surface area contributed by atoms with Gasteiger partial charge in [-0.2, -0.15) is 0 Å². The van der Waals surface area contributed by atoms with Gasteiger partial charge >= 0.3 is 0 Å². The summed E-state index contributed by atoms with van der Waals surface area (Å²) in [6, 6.07) is 7.30. The first-order valence-corrected chi connectivity index (χ1v) is 5.16. The summed E-state index contributed by atoms with van der Waals surface area (Å²) < 4.78 is 5.26. The number of Topliss-reactive ketones (excluding diaryl/α,β-unsaturated/α-hetero) is 1. The molecule has 2 aromatic rings. The Bertz CT molecular complexity index is 497. The summed E-state index contributed by atoms with van der Waals surface area (Å²) in [4.78, 5) is 16.0. The fourth-order valence-electron chi connectivity index (χ4n) is 1.44. The van der Waals surface area contributed by atoms with Crippen LogP contribution in [0.5, 0.6) is 0 Å². The minimum absolute atomic E-state index is 0.0375. The van der Waals surface area contributed by atoms with E-state index in [2.05, 4.69) is 4.98 Å². The van der Waals surface area contributed by atoms with Crippen LogP contribution in [-0.2, 0) is 6.42 Å². The molecule has 0 saturated heterocycles. The topological polar surface area (TPSA) is 43.1 Å². The highest BCUT2D eigenvalue weighted by molar-refractivity contribution is 5.94. The van der Waals surface area contributed by atoms with E-state index in [4.69, 9.17) is 4.42 Å². The summed E-state index contributed by atoms with van der Waals surface area (Å²) in [5.74, 6) is 1.12. The molecule has 0 aromatic carbocycles. The fraction of sp³-hybridized carbons (Fsp3) is 0.231. The van der Waals surface area contributed by atoms with Crippen LogP contribution in [0.2, 0.25) is 0 Å². The lowest BCUT2D eigenvalue weighted by molar-refractivity contribution is 0.0964. The molecule has 0 aliphatic heterocycles. The Hall–Kier alpha value is -1.90. The number of rotatable bonds is 3. The van der Waals surface area contributed by atoms with Gasteiger partial charge in [0.15, 0.2) is 5.76 Å². The van der Waals surface area contributed by atoms with Crippen molar-refractivity contribution < 1.29 is 9.21 Å². The molecule has 0 bridgehead atoms. The third-order valence-electron chi connectivity index (χ3n) is 2.33. The van der Waals surface area contributed by atoms with Crippen LogP contribution in [0.25, 0.3) is 0 Å². The first kappa shape index (κ1) is 10.6. The van der Waals surface area contributed by atoms with Gasteiger partial charge in [0.2, 0.25) is 5.78 Å². The molecule has 16 heavy (non-hydrogen) atoms. The van der Waals surface area contributed by atoms with Crippen molar-refractivity contribution in [2.75, 3.05) is 0 Å². The van der Waals surface area contributed by atoms with Crippen molar-refractivity contribution in [1.29, 1.82) is 0 Å². The Morgan fingerprint density at radius 1 is 1.25 bits per heavy atom. The smallest absolute Gasteiger partial charge is 0.203 e. The van der Waals surface area contributed by atoms with Gasteiger partial charge < -0.3 is 4.42 Å². The predicted octanol–water partition coefficient (Wildman–Crippen LogP) is 2.72. The average molecular weight is 215 g/mol. The molecule has 0 atom stereocenters. The minimum atomic E-state index is -0.0375. The van der Waals surface area contributed by atoms with Crippen LogP contribution in [-0.4, -0.2) is 10.8 Å². The summed E-state index contributed by atoms with van der Waals surface area (Å²) in [6.45, 7) is 3.79. The SMILES string of the molecule is Cc1ccc(CC(=O)c2ccc(C)o2)nc1. The molecule has 0 spiro atoms. The quantitative estimate of drug-likeness (QED) is 0.739. The number of carbonyl (C=O) groups excluding carboxylic acids is 1. The van der Waals surface area contributed by atoms with Crippen molar-refractivity contribution in [3.8, 4) is 0 Å². The summed E-state index contributed by atoms with van der Waals surface area (Å²) in [7, 11) is 0. The second-order valence-corrected chi connectivity index (χ2v) is 3.84. The standard InChI is InChI=1S/C13H13NO2/c1-9-3-5-11(14-8-9)7-12(15)13-6-4-10(2)16-13/h3-6,8H,7H2,1-2H3. The van der Waals surface area contributed by atoms with Crippen LogP contribution in [0.3, 0.4) is 0 Å². The molecule has 0 saturated carbocycles. The van der Waals surface area contributed by atoms with Crippen molar-refractivity contribution in [3.05, 3.63) is 53.2 Å². The Morgan fingerprint density at radius 2 is 2.06 bits per heavy atom. The van der Waals surface area contributed by atoms with Gasteiger partial charge in [-0.25, -0.2) is 0 Å². The van der Waals surface area contributed by atoms with Crippen LogP contribution in [0, 0.1) is 13.8 Å². The molecule has 2 heterocycles. The molecule has 2 aromatic heterocycles. The number of hydrogen-bond donors (Lipinski definition) is 0. The van der Waals surface area contributed by atoms with Gasteiger partial charge in [0, 0.05) is 11.9 Å². The Morgan fingerprint density at radius 3 is 2.62 bits per heavy atom. The van der Waals surface area contributed by atoms with E-state index >= 15 is 0 Å². The highest BCUT2D eigenvalue weighted by atomic mass is 16.3. The third kappa shape index (κ3) is 2.37. The number of nitrogens with zero attached hydrogens (tertiary/aromatic N) is 1. The van der Waals surface area contributed by atoms with Gasteiger partial charge in [0.05, 0.1) is 6.42 Å². The monoisotopic (exact) mass is 215 g/mol. The molecule has 0 aliphatic carbocycles. The number of furan rings is 1. The molecule has 0 unspecified atom stereocenters. The van der Waals surface area contributed by atoms with Gasteiger partial charge in [0.25, 0.3) is 0 Å². The molecule has 0 fully saturated rings. The molecule has 82 valence electrons. The van der Waals surface area contributed by atoms with E-state index in [1.165, 1.54) is 0 Å². The van der Waals surface area contributed by atoms with E-state index in [0.29, 0.717) is 5.76 Å². The number of ketones is 1. The van der Waals surface area contributed by atoms with E-state index < -0.39 is 0 Å². The largest absolute Gasteiger partial charge is 0.458 e. The van der Waals surface area contributed by atoms with E-state index in [1.54, 1.807) is 18.3 Å². The van der Waals surface area contributed by atoms with Gasteiger partial charge in [0.1, 0.15) is 5.76 Å². The van der Waals surface area contributed by atoms with E-state index in [-0.39, 0.29) is 12.2 Å². The maximum atomic E-state index is 11.8. The van der Waals surface area contributed by atoms with E-state index in [9.17, 15) is 4.79 Å². The van der Waals surface area contributed by atoms with Crippen LogP contribution < -0.4 is 0 Å². The minimum Gasteiger partial charge on any atom is -0.458 e. The fourth-order valence-corrected chi connectivity index (χ4v) is 1.44. The number of aromatic nitrogens is 1. The van der Waals surface area contributed by atoms with Crippen LogP contribution >= 0.6 is 0 Å². The zero-order valence-electron chi connectivity index (χ0n) is 9.36. The van der Waals surface area contributed by atoms with E-state index in [1.807, 2.05) is 26.0 Å². The lowest BCUT2D eigenvalue weighted by Crippen LogP contribution is -2.03. The summed E-state index contributed by atoms with van der Waals surface area (Å²) in [5, 5.41) is 0. The third-order valence-corrected chi connectivity index (χ3v) is 2.33. The highest BCUT2D eigenvalue weighted by Gasteiger charge is 2.11. The van der Waals surface area contributed by atoms with Crippen molar-refractivity contribution in [1.82, 2.24) is 4.98 Å². The molecule has 2 rings (SSSR count). The van der Waals surface area contributed by atoms with Crippen LogP contribution in [0.15, 0.2) is 34.9 Å². The Labute approximate surface area is 94.1 Å². The zero-order chi connectivity index (χ0) is 11.5. The molecular weight excluding hydrogens is 202 g/mol. The maximum Gasteiger partial charge on any atom is 0.203 e. The molecule has 0 N–H and O–H groups in total. The average Bonchev–Trinajstić information content (AvgIpc) is 2.68. The van der Waals surface area contributed by atoms with Crippen molar-refractivity contribution in [3.63, 3.8) is 0 Å². The molecule has 0 radical (unpaired) electrons. The summed E-state index contributed by atoms with van der Waals surface area (Å²) in [5.41, 5.74) is 1.86. The molecule has 0 aliphatic rings. The summed E-state index contributed by atoms with van der Waals surface area (Å²) >= 11 is 0. The van der Waals surface area contributed by atoms with Crippen LogP contribution in [0.4, 0.5) is 0 Å². The zero-order valence-corrected chi connectivity index (χ0v) is 9.36. The van der Waals surface area contributed by atoms with Gasteiger partial charge in [-0.1, -0.05) is 6.07 Å². The normalized spacial score (nSPS) is 10.4. The van der Waals surface area contributed by atoms with Crippen molar-refractivity contribution >= 4 is 5.78 Å². The van der Waals surface area contributed by atoms with Crippen molar-refractivity contribution in [2.24, 2.45) is 0 Å². The molecule has 3 nitrogen and oxygen atoms in total. The van der Waals surface area contributed by atoms with Gasteiger partial charge in [-0.3, -0.25) is 9.78 Å². The first-order valence-electron chi connectivity index (χ1n) is 5.16. The predicted molar refractivity (Wildman–Crippen MR) is 60.5 cm³/mol. The molecular formula is C13H13NO2. The van der Waals surface area contributed by atoms with Gasteiger partial charge in [-0.05, 0) is 37.6 Å². The number of carbonyl (C=O) groups is 1. The first-order chi connectivity index (χ1) is 7.65. The number of hydrogen-bond acceptors (Lipinski definition) is 3.